The fraction of sp³-hybridized carbons (Fsp3) is 0.463. The van der Waals surface area contributed by atoms with Gasteiger partial charge in [-0.15, -0.1) is 11.1 Å². The van der Waals surface area contributed by atoms with Gasteiger partial charge in [0.2, 0.25) is 0 Å². The van der Waals surface area contributed by atoms with Crippen molar-refractivity contribution in [3.8, 4) is 22.9 Å². The average molecular weight is 764 g/mol. The van der Waals surface area contributed by atoms with Crippen molar-refractivity contribution in [2.45, 2.75) is 123 Å². The summed E-state index contributed by atoms with van der Waals surface area (Å²) in [5, 5.41) is 19.0. The lowest BCUT2D eigenvalue weighted by molar-refractivity contribution is 0.426. The third-order valence-corrected chi connectivity index (χ3v) is 23.6. The van der Waals surface area contributed by atoms with Crippen LogP contribution in [0.1, 0.15) is 105 Å². The first-order valence-electron chi connectivity index (χ1n) is 17.4. The molecule has 7 heteroatoms. The molecule has 0 aliphatic carbocycles. The van der Waals surface area contributed by atoms with Gasteiger partial charge >= 0.3 is 7.12 Å². The van der Waals surface area contributed by atoms with Crippen LogP contribution in [0, 0.1) is 22.9 Å². The molecule has 0 saturated carbocycles. The molecule has 0 saturated heterocycles. The molecule has 0 bridgehead atoms. The molecule has 0 atom stereocenters. The summed E-state index contributed by atoms with van der Waals surface area (Å²) >= 11 is 9.85. The second-order valence-electron chi connectivity index (χ2n) is 14.9. The summed E-state index contributed by atoms with van der Waals surface area (Å²) in [5.74, 6) is 6.86. The molecule has 2 nitrogen and oxygen atoms in total. The molecule has 0 amide bonds. The maximum absolute atomic E-state index is 9.12. The highest BCUT2D eigenvalue weighted by molar-refractivity contribution is 9.10. The van der Waals surface area contributed by atoms with E-state index in [1.807, 2.05) is 24.3 Å². The van der Waals surface area contributed by atoms with Gasteiger partial charge in [-0.3, -0.25) is 0 Å². The van der Waals surface area contributed by atoms with Crippen molar-refractivity contribution in [2.75, 3.05) is 0 Å². The smallest absolute Gasteiger partial charge is 0.423 e. The van der Waals surface area contributed by atoms with Gasteiger partial charge in [0, 0.05) is 20.6 Å². The van der Waals surface area contributed by atoms with Crippen molar-refractivity contribution in [1.29, 1.82) is 0 Å². The molecule has 0 heterocycles. The van der Waals surface area contributed by atoms with Crippen LogP contribution in [0.5, 0.6) is 0 Å². The minimum absolute atomic E-state index is 0.501. The minimum atomic E-state index is -1.71. The molecule has 0 unspecified atom stereocenters. The molecule has 3 aromatic rings. The van der Waals surface area contributed by atoms with E-state index in [2.05, 4.69) is 152 Å². The summed E-state index contributed by atoms with van der Waals surface area (Å²) in [6.07, 6.45) is 0.828. The fourth-order valence-corrected chi connectivity index (χ4v) is 18.6. The molecular formula is C41H57BBrClO2Si2. The van der Waals surface area contributed by atoms with Gasteiger partial charge in [0.05, 0.1) is 0 Å². The molecule has 258 valence electrons. The SMILES string of the molecule is CC(C)[Si](C#Cc1ccc(B(O)O)cc1)(C(C)C)C(C)C.CC(C)[Si](C#Cc1ccc(Cc2cc(Br)ccc2Cl)cc1)(C(C)C)C(C)C. The highest BCUT2D eigenvalue weighted by Crippen LogP contribution is 2.41. The lowest BCUT2D eigenvalue weighted by atomic mass is 9.80. The van der Waals surface area contributed by atoms with Crippen molar-refractivity contribution >= 4 is 56.3 Å². The van der Waals surface area contributed by atoms with E-state index in [-0.39, 0.29) is 0 Å². The molecule has 3 rings (SSSR count). The summed E-state index contributed by atoms with van der Waals surface area (Å²) in [6.45, 7) is 27.9. The number of rotatable bonds is 9. The van der Waals surface area contributed by atoms with Crippen LogP contribution >= 0.6 is 27.5 Å². The van der Waals surface area contributed by atoms with Gasteiger partial charge in [-0.1, -0.05) is 147 Å². The number of hydrogen-bond donors (Lipinski definition) is 2. The van der Waals surface area contributed by atoms with Crippen LogP contribution in [0.25, 0.3) is 0 Å². The van der Waals surface area contributed by atoms with Gasteiger partial charge in [-0.05, 0) is 98.7 Å². The highest BCUT2D eigenvalue weighted by Gasteiger charge is 2.42. The van der Waals surface area contributed by atoms with E-state index in [1.54, 1.807) is 12.1 Å². The standard InChI is InChI=1S/C24H30BrClSi.C17H27BO2Si/c1-17(2)27(18(3)4,19(5)6)14-13-20-7-9-21(10-8-20)15-22-16-23(25)11-12-24(22)26;1-13(2)21(14(3)4,15(5)6)12-11-16-7-9-17(10-8-16)18(19)20/h7-12,16-19H,15H2,1-6H3;7-10,13-15,19-20H,1-6H3. The van der Waals surface area contributed by atoms with Crippen LogP contribution in [-0.4, -0.2) is 33.3 Å². The molecule has 0 radical (unpaired) electrons. The maximum atomic E-state index is 9.12. The largest absolute Gasteiger partial charge is 0.488 e. The van der Waals surface area contributed by atoms with Gasteiger partial charge < -0.3 is 10.0 Å². The van der Waals surface area contributed by atoms with Crippen molar-refractivity contribution in [1.82, 2.24) is 0 Å². The Hall–Kier alpha value is -2.03. The zero-order valence-corrected chi connectivity index (χ0v) is 35.6. The summed E-state index contributed by atoms with van der Waals surface area (Å²) in [7, 11) is -4.80. The normalized spacial score (nSPS) is 11.8. The molecule has 0 aliphatic rings. The molecule has 0 fully saturated rings. The quantitative estimate of drug-likeness (QED) is 0.168. The first-order chi connectivity index (χ1) is 22.4. The van der Waals surface area contributed by atoms with Crippen LogP contribution in [0.15, 0.2) is 71.2 Å². The summed E-state index contributed by atoms with van der Waals surface area (Å²) in [6, 6.07) is 21.8. The zero-order valence-electron chi connectivity index (χ0n) is 31.2. The van der Waals surface area contributed by atoms with Crippen molar-refractivity contribution in [3.05, 3.63) is 98.5 Å². The van der Waals surface area contributed by atoms with E-state index in [0.717, 1.165) is 32.6 Å². The average Bonchev–Trinajstić information content (AvgIpc) is 3.00. The Balaban J connectivity index is 0.000000345. The van der Waals surface area contributed by atoms with Crippen molar-refractivity contribution in [2.24, 2.45) is 0 Å². The van der Waals surface area contributed by atoms with Gasteiger partial charge in [0.25, 0.3) is 0 Å². The van der Waals surface area contributed by atoms with Gasteiger partial charge in [-0.25, -0.2) is 0 Å². The van der Waals surface area contributed by atoms with Crippen LogP contribution in [0.4, 0.5) is 0 Å². The highest BCUT2D eigenvalue weighted by atomic mass is 79.9. The monoisotopic (exact) mass is 762 g/mol. The third kappa shape index (κ3) is 10.7. The molecule has 0 aliphatic heterocycles. The predicted octanol–water partition coefficient (Wildman–Crippen LogP) is 11.2. The lowest BCUT2D eigenvalue weighted by Gasteiger charge is -2.38. The van der Waals surface area contributed by atoms with E-state index in [4.69, 9.17) is 21.6 Å². The lowest BCUT2D eigenvalue weighted by Crippen LogP contribution is -2.43. The van der Waals surface area contributed by atoms with Gasteiger partial charge in [-0.2, -0.15) is 0 Å². The first kappa shape index (κ1) is 42.1. The second-order valence-corrected chi connectivity index (χ2v) is 27.4. The molecule has 0 aromatic heterocycles. The van der Waals surface area contributed by atoms with Crippen molar-refractivity contribution in [3.63, 3.8) is 0 Å². The topological polar surface area (TPSA) is 40.5 Å². The zero-order chi connectivity index (χ0) is 36.4. The second kappa shape index (κ2) is 18.8. The van der Waals surface area contributed by atoms with Gasteiger partial charge in [0.1, 0.15) is 16.1 Å². The Kier molecular flexibility index (Phi) is 16.5. The van der Waals surface area contributed by atoms with E-state index < -0.39 is 23.3 Å². The van der Waals surface area contributed by atoms with E-state index in [1.165, 1.54) is 5.56 Å². The number of benzene rings is 3. The first-order valence-corrected chi connectivity index (χ1v) is 23.1. The van der Waals surface area contributed by atoms with Gasteiger partial charge in [0.15, 0.2) is 0 Å². The van der Waals surface area contributed by atoms with Crippen molar-refractivity contribution < 1.29 is 10.0 Å². The number of halogens is 2. The fourth-order valence-electron chi connectivity index (χ4n) is 7.57. The van der Waals surface area contributed by atoms with Crippen LogP contribution in [-0.2, 0) is 6.42 Å². The Morgan fingerprint density at radius 3 is 1.33 bits per heavy atom. The predicted molar refractivity (Wildman–Crippen MR) is 221 cm³/mol. The molecular weight excluding hydrogens is 707 g/mol. The Morgan fingerprint density at radius 1 is 0.604 bits per heavy atom. The van der Waals surface area contributed by atoms with E-state index in [0.29, 0.717) is 38.7 Å². The van der Waals surface area contributed by atoms with Crippen LogP contribution in [0.2, 0.25) is 38.3 Å². The number of hydrogen-bond acceptors (Lipinski definition) is 2. The molecule has 48 heavy (non-hydrogen) atoms. The maximum Gasteiger partial charge on any atom is 0.488 e. The molecule has 0 spiro atoms. The molecule has 3 aromatic carbocycles. The summed E-state index contributed by atoms with van der Waals surface area (Å²) in [5.41, 5.74) is 16.2. The summed E-state index contributed by atoms with van der Waals surface area (Å²) < 4.78 is 1.06. The van der Waals surface area contributed by atoms with Crippen LogP contribution in [0.3, 0.4) is 0 Å². The van der Waals surface area contributed by atoms with Crippen LogP contribution < -0.4 is 5.46 Å². The van der Waals surface area contributed by atoms with E-state index >= 15 is 0 Å². The Bertz CT molecular complexity index is 1530. The Labute approximate surface area is 308 Å². The third-order valence-electron chi connectivity index (χ3n) is 10.1. The summed E-state index contributed by atoms with van der Waals surface area (Å²) in [4.78, 5) is 0. The minimum Gasteiger partial charge on any atom is -0.423 e. The Morgan fingerprint density at radius 2 is 0.979 bits per heavy atom. The molecule has 2 N–H and O–H groups in total. The van der Waals surface area contributed by atoms with E-state index in [9.17, 15) is 0 Å².